The van der Waals surface area contributed by atoms with Gasteiger partial charge < -0.3 is 49.6 Å². The maximum Gasteiger partial charge on any atom is 0.408 e. The van der Waals surface area contributed by atoms with Crippen molar-refractivity contribution in [3.63, 3.8) is 0 Å². The van der Waals surface area contributed by atoms with Crippen LogP contribution in [0.3, 0.4) is 0 Å². The zero-order chi connectivity index (χ0) is 36.8. The highest BCUT2D eigenvalue weighted by Gasteiger charge is 2.57. The van der Waals surface area contributed by atoms with Crippen LogP contribution in [0.5, 0.6) is 0 Å². The summed E-state index contributed by atoms with van der Waals surface area (Å²) in [6, 6.07) is -1.00. The van der Waals surface area contributed by atoms with E-state index in [9.17, 15) is 19.5 Å². The van der Waals surface area contributed by atoms with Crippen LogP contribution in [-0.4, -0.2) is 122 Å². The van der Waals surface area contributed by atoms with Gasteiger partial charge in [0.05, 0.1) is 23.9 Å². The van der Waals surface area contributed by atoms with E-state index in [-0.39, 0.29) is 24.1 Å². The molecule has 3 aliphatic heterocycles. The first-order chi connectivity index (χ1) is 23.0. The SMILES string of the molecule is C=C(CC)NCC1CC(N(C)C)C(O)C(O[C@@H]2[C@@H](C)C(=O)C(C)C(=O)O[C@H](CC)[C@@]3(CC)OC(=O)N[C@@H]3[C@@H](C)NC[C@H](C)C[C@@]2(C)OC)O1. The highest BCUT2D eigenvalue weighted by Crippen LogP contribution is 2.39. The number of methoxy groups -OCH3 is 1. The van der Waals surface area contributed by atoms with Gasteiger partial charge in [-0.1, -0.05) is 41.2 Å². The Balaban J connectivity index is 2.03. The Kier molecular flexibility index (Phi) is 14.5. The number of Topliss-reactive ketones (excluding diaryl/α,β-unsaturated/α-hetero) is 1. The maximum absolute atomic E-state index is 14.3. The number of likely N-dealkylation sites (N-methyl/N-ethyl adjacent to an activating group) is 1. The molecule has 13 atom stereocenters. The van der Waals surface area contributed by atoms with Crippen molar-refractivity contribution in [1.29, 1.82) is 0 Å². The standard InChI is InChI=1S/C36H64N4O9/c1-13-21(5)37-19-25-16-26(40(10)11)29(42)33(46-25)48-31-22(6)28(41)23(7)32(43)47-27(14-2)36(15-3)30(39-34(44)49-36)24(8)38-18-20(4)17-35(31,9)45-12/h20,22-27,29-31,33,37-38,42H,5,13-19H2,1-4,6-12H3,(H,39,44)/t20-,22+,23?,24-,25?,26?,27-,29?,30-,31-,33?,35-,36-/m1/s1. The number of aliphatic hydroxyl groups excluding tert-OH is 1. The van der Waals surface area contributed by atoms with E-state index in [2.05, 4.69) is 29.5 Å². The molecular formula is C36H64N4O9. The monoisotopic (exact) mass is 696 g/mol. The molecule has 5 unspecified atom stereocenters. The van der Waals surface area contributed by atoms with Gasteiger partial charge in [0.1, 0.15) is 18.1 Å². The highest BCUT2D eigenvalue weighted by atomic mass is 16.7. The Hall–Kier alpha value is -2.29. The molecule has 0 aromatic carbocycles. The van der Waals surface area contributed by atoms with Crippen LogP contribution in [0, 0.1) is 17.8 Å². The molecule has 0 aromatic rings. The van der Waals surface area contributed by atoms with E-state index < -0.39 is 71.5 Å². The second kappa shape index (κ2) is 17.3. The molecule has 3 saturated heterocycles. The summed E-state index contributed by atoms with van der Waals surface area (Å²) >= 11 is 0. The van der Waals surface area contributed by atoms with Crippen molar-refractivity contribution in [3.8, 4) is 0 Å². The van der Waals surface area contributed by atoms with Crippen LogP contribution in [0.1, 0.15) is 87.5 Å². The Bertz CT molecular complexity index is 1160. The van der Waals surface area contributed by atoms with E-state index in [0.29, 0.717) is 38.8 Å². The van der Waals surface area contributed by atoms with Crippen molar-refractivity contribution >= 4 is 17.8 Å². The number of cyclic esters (lactones) is 1. The summed E-state index contributed by atoms with van der Waals surface area (Å²) < 4.78 is 31.3. The first-order valence-electron chi connectivity index (χ1n) is 18.1. The van der Waals surface area contributed by atoms with Gasteiger partial charge in [-0.2, -0.15) is 0 Å². The number of rotatable bonds is 10. The van der Waals surface area contributed by atoms with E-state index >= 15 is 0 Å². The number of nitrogens with zero attached hydrogens (tertiary/aromatic N) is 1. The van der Waals surface area contributed by atoms with Gasteiger partial charge in [-0.15, -0.1) is 0 Å². The second-order valence-corrected chi connectivity index (χ2v) is 14.9. The third-order valence-electron chi connectivity index (χ3n) is 11.1. The number of esters is 1. The van der Waals surface area contributed by atoms with Crippen LogP contribution in [0.4, 0.5) is 4.79 Å². The highest BCUT2D eigenvalue weighted by molar-refractivity contribution is 6.00. The molecular weight excluding hydrogens is 632 g/mol. The molecule has 13 heteroatoms. The van der Waals surface area contributed by atoms with E-state index in [1.807, 2.05) is 53.6 Å². The van der Waals surface area contributed by atoms with Crippen LogP contribution >= 0.6 is 0 Å². The Labute approximate surface area is 293 Å². The van der Waals surface area contributed by atoms with Crippen LogP contribution in [-0.2, 0) is 33.3 Å². The topological polar surface area (TPSA) is 157 Å². The average molecular weight is 697 g/mol. The van der Waals surface area contributed by atoms with Gasteiger partial charge in [0.2, 0.25) is 0 Å². The van der Waals surface area contributed by atoms with Crippen molar-refractivity contribution in [2.45, 2.75) is 148 Å². The Morgan fingerprint density at radius 1 is 1.14 bits per heavy atom. The first kappa shape index (κ1) is 41.1. The molecule has 0 spiro atoms. The molecule has 0 aliphatic carbocycles. The molecule has 0 saturated carbocycles. The van der Waals surface area contributed by atoms with Gasteiger partial charge in [-0.25, -0.2) is 4.79 Å². The fourth-order valence-electron chi connectivity index (χ4n) is 7.86. The largest absolute Gasteiger partial charge is 0.457 e. The lowest BCUT2D eigenvalue weighted by atomic mass is 9.78. The van der Waals surface area contributed by atoms with Crippen molar-refractivity contribution in [1.82, 2.24) is 20.9 Å². The summed E-state index contributed by atoms with van der Waals surface area (Å²) in [5.74, 6) is -3.10. The van der Waals surface area contributed by atoms with Crippen molar-refractivity contribution < 1.29 is 43.2 Å². The predicted octanol–water partition coefficient (Wildman–Crippen LogP) is 3.13. The third kappa shape index (κ3) is 9.15. The van der Waals surface area contributed by atoms with Gasteiger partial charge in [0, 0.05) is 37.4 Å². The van der Waals surface area contributed by atoms with Gasteiger partial charge in [0.15, 0.2) is 17.7 Å². The Morgan fingerprint density at radius 2 is 1.82 bits per heavy atom. The molecule has 13 nitrogen and oxygen atoms in total. The molecule has 0 bridgehead atoms. The summed E-state index contributed by atoms with van der Waals surface area (Å²) in [4.78, 5) is 42.6. The number of aliphatic hydroxyl groups is 1. The van der Waals surface area contributed by atoms with E-state index in [0.717, 1.165) is 12.1 Å². The number of carbonyl (C=O) groups excluding carboxylic acids is 3. The third-order valence-corrected chi connectivity index (χ3v) is 11.1. The second-order valence-electron chi connectivity index (χ2n) is 14.9. The number of amides is 1. The van der Waals surface area contributed by atoms with Gasteiger partial charge in [0.25, 0.3) is 0 Å². The van der Waals surface area contributed by atoms with E-state index in [1.165, 1.54) is 6.92 Å². The molecule has 3 fully saturated rings. The fourth-order valence-corrected chi connectivity index (χ4v) is 7.86. The summed E-state index contributed by atoms with van der Waals surface area (Å²) in [5, 5.41) is 21.4. The van der Waals surface area contributed by atoms with E-state index in [1.54, 1.807) is 14.0 Å². The van der Waals surface area contributed by atoms with Crippen LogP contribution in [0.2, 0.25) is 0 Å². The summed E-state index contributed by atoms with van der Waals surface area (Å²) in [7, 11) is 5.39. The minimum absolute atomic E-state index is 0.0148. The molecule has 3 heterocycles. The molecule has 3 rings (SSSR count). The van der Waals surface area contributed by atoms with Crippen molar-refractivity contribution in [3.05, 3.63) is 12.3 Å². The normalized spacial score (nSPS) is 41.2. The van der Waals surface area contributed by atoms with Gasteiger partial charge >= 0.3 is 12.1 Å². The molecule has 49 heavy (non-hydrogen) atoms. The summed E-state index contributed by atoms with van der Waals surface area (Å²) in [6.07, 6.45) is -2.08. The number of ether oxygens (including phenoxy) is 5. The molecule has 1 amide bonds. The van der Waals surface area contributed by atoms with Crippen molar-refractivity contribution in [2.75, 3.05) is 34.3 Å². The number of alkyl carbamates (subject to hydrolysis) is 1. The molecule has 282 valence electrons. The average Bonchev–Trinajstić information content (AvgIpc) is 3.43. The van der Waals surface area contributed by atoms with Crippen molar-refractivity contribution in [2.24, 2.45) is 17.8 Å². The lowest BCUT2D eigenvalue weighted by molar-refractivity contribution is -0.296. The number of hydrogen-bond donors (Lipinski definition) is 4. The van der Waals surface area contributed by atoms with E-state index in [4.69, 9.17) is 23.7 Å². The zero-order valence-electron chi connectivity index (χ0n) is 31.7. The minimum atomic E-state index is -1.16. The maximum atomic E-state index is 14.3. The molecule has 3 aliphatic rings. The molecule has 4 N–H and O–H groups in total. The van der Waals surface area contributed by atoms with Gasteiger partial charge in [-0.05, 0) is 79.4 Å². The first-order valence-corrected chi connectivity index (χ1v) is 18.1. The quantitative estimate of drug-likeness (QED) is 0.196. The van der Waals surface area contributed by atoms with Crippen LogP contribution < -0.4 is 16.0 Å². The fraction of sp³-hybridized carbons (Fsp3) is 0.861. The number of hydrogen-bond acceptors (Lipinski definition) is 12. The summed E-state index contributed by atoms with van der Waals surface area (Å²) in [5.41, 5.74) is -1.27. The lowest BCUT2D eigenvalue weighted by Crippen LogP contribution is -2.61. The van der Waals surface area contributed by atoms with Crippen LogP contribution in [0.15, 0.2) is 12.3 Å². The number of ketones is 1. The predicted molar refractivity (Wildman–Crippen MR) is 186 cm³/mol. The number of nitrogens with one attached hydrogen (secondary N) is 3. The van der Waals surface area contributed by atoms with Gasteiger partial charge in [-0.3, -0.25) is 9.59 Å². The van der Waals surface area contributed by atoms with Crippen LogP contribution in [0.25, 0.3) is 0 Å². The summed E-state index contributed by atoms with van der Waals surface area (Å²) in [6.45, 7) is 20.1. The minimum Gasteiger partial charge on any atom is -0.457 e. The zero-order valence-corrected chi connectivity index (χ0v) is 31.7. The number of fused-ring (bicyclic) bond motifs is 1. The smallest absolute Gasteiger partial charge is 0.408 e. The lowest BCUT2D eigenvalue weighted by Gasteiger charge is -2.47. The number of carbonyl (C=O) groups is 3. The molecule has 0 radical (unpaired) electrons. The Morgan fingerprint density at radius 3 is 2.39 bits per heavy atom. The molecule has 0 aromatic heterocycles. The number of allylic oxidation sites excluding steroid dienone is 1.